The maximum absolute atomic E-state index is 13.3. The van der Waals surface area contributed by atoms with E-state index in [-0.39, 0.29) is 6.42 Å². The van der Waals surface area contributed by atoms with Gasteiger partial charge in [0, 0.05) is 6.42 Å². The molecule has 1 aromatic rings. The molecule has 2 heteroatoms. The highest BCUT2D eigenvalue weighted by atomic mass is 19.1. The van der Waals surface area contributed by atoms with Crippen LogP contribution in [0.5, 0.6) is 0 Å². The van der Waals surface area contributed by atoms with E-state index in [0.717, 1.165) is 5.56 Å². The van der Waals surface area contributed by atoms with E-state index in [1.54, 1.807) is 12.1 Å². The zero-order valence-electron chi connectivity index (χ0n) is 7.63. The molecule has 1 rings (SSSR count). The fraction of sp³-hybridized carbons (Fsp3) is 0.364. The lowest BCUT2D eigenvalue weighted by Crippen LogP contribution is -1.90. The first-order chi connectivity index (χ1) is 6.24. The summed E-state index contributed by atoms with van der Waals surface area (Å²) >= 11 is 0. The third-order valence-corrected chi connectivity index (χ3v) is 1.95. The molecule has 68 valence electrons. The Balaban J connectivity index is 2.62. The average molecular weight is 177 g/mol. The first-order valence-electron chi connectivity index (χ1n) is 4.31. The standard InChI is InChI=1S/C11H12FN/c1-9-4-6-10(7-5-9)11(12)3-2-8-13/h4-7,11H,2-3H2,1H3. The van der Waals surface area contributed by atoms with Crippen molar-refractivity contribution in [3.8, 4) is 6.07 Å². The molecule has 0 saturated carbocycles. The van der Waals surface area contributed by atoms with Crippen molar-refractivity contribution in [2.45, 2.75) is 25.9 Å². The number of hydrogen-bond donors (Lipinski definition) is 0. The second-order valence-corrected chi connectivity index (χ2v) is 3.08. The zero-order chi connectivity index (χ0) is 9.68. The molecule has 0 aromatic heterocycles. The molecule has 0 bridgehead atoms. The molecule has 0 radical (unpaired) electrons. The van der Waals surface area contributed by atoms with Gasteiger partial charge in [-0.25, -0.2) is 4.39 Å². The molecule has 13 heavy (non-hydrogen) atoms. The van der Waals surface area contributed by atoms with Crippen molar-refractivity contribution >= 4 is 0 Å². The Morgan fingerprint density at radius 1 is 1.38 bits per heavy atom. The zero-order valence-corrected chi connectivity index (χ0v) is 7.63. The molecule has 0 heterocycles. The monoisotopic (exact) mass is 177 g/mol. The van der Waals surface area contributed by atoms with Crippen LogP contribution < -0.4 is 0 Å². The predicted octanol–water partition coefficient (Wildman–Crippen LogP) is 3.31. The third-order valence-electron chi connectivity index (χ3n) is 1.95. The minimum absolute atomic E-state index is 0.273. The van der Waals surface area contributed by atoms with Gasteiger partial charge in [0.25, 0.3) is 0 Å². The molecule has 1 unspecified atom stereocenters. The average Bonchev–Trinajstić information content (AvgIpc) is 2.15. The number of halogens is 1. The molecular weight excluding hydrogens is 165 g/mol. The Bertz CT molecular complexity index is 297. The van der Waals surface area contributed by atoms with Gasteiger partial charge in [-0.15, -0.1) is 0 Å². The van der Waals surface area contributed by atoms with Crippen molar-refractivity contribution in [1.29, 1.82) is 5.26 Å². The number of nitrogens with zero attached hydrogens (tertiary/aromatic N) is 1. The van der Waals surface area contributed by atoms with E-state index in [9.17, 15) is 4.39 Å². The number of benzene rings is 1. The van der Waals surface area contributed by atoms with Crippen LogP contribution in [0.2, 0.25) is 0 Å². The molecule has 0 saturated heterocycles. The number of rotatable bonds is 3. The van der Waals surface area contributed by atoms with E-state index in [1.807, 2.05) is 25.1 Å². The molecular formula is C11H12FN. The van der Waals surface area contributed by atoms with Crippen LogP contribution in [-0.4, -0.2) is 0 Å². The molecule has 0 spiro atoms. The molecule has 0 aliphatic carbocycles. The Hall–Kier alpha value is -1.36. The van der Waals surface area contributed by atoms with Crippen molar-refractivity contribution in [3.63, 3.8) is 0 Å². The van der Waals surface area contributed by atoms with Crippen LogP contribution >= 0.6 is 0 Å². The fourth-order valence-electron chi connectivity index (χ4n) is 1.13. The third kappa shape index (κ3) is 2.87. The summed E-state index contributed by atoms with van der Waals surface area (Å²) in [6.07, 6.45) is -0.436. The van der Waals surface area contributed by atoms with E-state index in [2.05, 4.69) is 0 Å². The SMILES string of the molecule is Cc1ccc(C(F)CCC#N)cc1. The van der Waals surface area contributed by atoms with Crippen molar-refractivity contribution in [3.05, 3.63) is 35.4 Å². The summed E-state index contributed by atoms with van der Waals surface area (Å²) in [7, 11) is 0. The maximum atomic E-state index is 13.3. The fourth-order valence-corrected chi connectivity index (χ4v) is 1.13. The van der Waals surface area contributed by atoms with Gasteiger partial charge in [-0.2, -0.15) is 5.26 Å². The summed E-state index contributed by atoms with van der Waals surface area (Å²) in [5.41, 5.74) is 1.79. The highest BCUT2D eigenvalue weighted by Crippen LogP contribution is 2.22. The summed E-state index contributed by atoms with van der Waals surface area (Å²) in [6.45, 7) is 1.96. The second-order valence-electron chi connectivity index (χ2n) is 3.08. The van der Waals surface area contributed by atoms with E-state index in [1.165, 1.54) is 0 Å². The van der Waals surface area contributed by atoms with Crippen molar-refractivity contribution in [2.75, 3.05) is 0 Å². The summed E-state index contributed by atoms with van der Waals surface area (Å²) < 4.78 is 13.3. The van der Waals surface area contributed by atoms with Crippen LogP contribution in [0, 0.1) is 18.3 Å². The summed E-state index contributed by atoms with van der Waals surface area (Å²) in [4.78, 5) is 0. The van der Waals surface area contributed by atoms with Crippen LogP contribution in [0.3, 0.4) is 0 Å². The van der Waals surface area contributed by atoms with Gasteiger partial charge >= 0.3 is 0 Å². The largest absolute Gasteiger partial charge is 0.242 e. The highest BCUT2D eigenvalue weighted by Gasteiger charge is 2.07. The van der Waals surface area contributed by atoms with Gasteiger partial charge in [-0.1, -0.05) is 29.8 Å². The number of nitriles is 1. The number of alkyl halides is 1. The first-order valence-corrected chi connectivity index (χ1v) is 4.31. The van der Waals surface area contributed by atoms with Crippen molar-refractivity contribution in [2.24, 2.45) is 0 Å². The second kappa shape index (κ2) is 4.61. The minimum Gasteiger partial charge on any atom is -0.242 e. The lowest BCUT2D eigenvalue weighted by Gasteiger charge is -2.05. The summed E-state index contributed by atoms with van der Waals surface area (Å²) in [5.74, 6) is 0. The Morgan fingerprint density at radius 2 is 2.00 bits per heavy atom. The minimum atomic E-state index is -1.000. The molecule has 1 aromatic carbocycles. The van der Waals surface area contributed by atoms with Gasteiger partial charge in [0.2, 0.25) is 0 Å². The van der Waals surface area contributed by atoms with Crippen LogP contribution in [0.25, 0.3) is 0 Å². The lowest BCUT2D eigenvalue weighted by atomic mass is 10.1. The van der Waals surface area contributed by atoms with E-state index in [4.69, 9.17) is 5.26 Å². The van der Waals surface area contributed by atoms with E-state index in [0.29, 0.717) is 12.0 Å². The predicted molar refractivity (Wildman–Crippen MR) is 49.9 cm³/mol. The molecule has 1 atom stereocenters. The van der Waals surface area contributed by atoms with Crippen molar-refractivity contribution in [1.82, 2.24) is 0 Å². The maximum Gasteiger partial charge on any atom is 0.126 e. The Morgan fingerprint density at radius 3 is 2.54 bits per heavy atom. The van der Waals surface area contributed by atoms with Gasteiger partial charge in [0.1, 0.15) is 6.17 Å². The molecule has 1 nitrogen and oxygen atoms in total. The van der Waals surface area contributed by atoms with E-state index >= 15 is 0 Å². The summed E-state index contributed by atoms with van der Waals surface area (Å²) in [5, 5.41) is 8.29. The number of aryl methyl sites for hydroxylation is 1. The van der Waals surface area contributed by atoms with Crippen LogP contribution in [0.15, 0.2) is 24.3 Å². The van der Waals surface area contributed by atoms with Crippen LogP contribution in [-0.2, 0) is 0 Å². The molecule has 0 fully saturated rings. The topological polar surface area (TPSA) is 23.8 Å². The molecule has 0 N–H and O–H groups in total. The number of hydrogen-bond acceptors (Lipinski definition) is 1. The summed E-state index contributed by atoms with van der Waals surface area (Å²) in [6, 6.07) is 9.26. The normalized spacial score (nSPS) is 12.1. The van der Waals surface area contributed by atoms with Crippen molar-refractivity contribution < 1.29 is 4.39 Å². The van der Waals surface area contributed by atoms with Gasteiger partial charge in [-0.05, 0) is 18.9 Å². The molecule has 0 aliphatic heterocycles. The van der Waals surface area contributed by atoms with Crippen LogP contribution in [0.1, 0.15) is 30.1 Å². The van der Waals surface area contributed by atoms with Gasteiger partial charge in [-0.3, -0.25) is 0 Å². The quantitative estimate of drug-likeness (QED) is 0.694. The highest BCUT2D eigenvalue weighted by molar-refractivity contribution is 5.23. The van der Waals surface area contributed by atoms with Crippen LogP contribution in [0.4, 0.5) is 4.39 Å². The smallest absolute Gasteiger partial charge is 0.126 e. The van der Waals surface area contributed by atoms with Gasteiger partial charge in [0.15, 0.2) is 0 Å². The first kappa shape index (κ1) is 9.73. The Kier molecular flexibility index (Phi) is 3.45. The van der Waals surface area contributed by atoms with Gasteiger partial charge < -0.3 is 0 Å². The Labute approximate surface area is 77.8 Å². The molecule has 0 amide bonds. The van der Waals surface area contributed by atoms with E-state index < -0.39 is 6.17 Å². The van der Waals surface area contributed by atoms with Gasteiger partial charge in [0.05, 0.1) is 6.07 Å². The molecule has 0 aliphatic rings. The lowest BCUT2D eigenvalue weighted by molar-refractivity contribution is 0.326.